The van der Waals surface area contributed by atoms with Gasteiger partial charge in [0.1, 0.15) is 5.82 Å². The van der Waals surface area contributed by atoms with Crippen LogP contribution in [0, 0.1) is 0 Å². The van der Waals surface area contributed by atoms with E-state index in [0.717, 1.165) is 32.0 Å². The van der Waals surface area contributed by atoms with Crippen molar-refractivity contribution in [3.05, 3.63) is 114 Å². The lowest BCUT2D eigenvalue weighted by atomic mass is 9.72. The number of imidazole rings is 1. The van der Waals surface area contributed by atoms with Crippen LogP contribution in [0.3, 0.4) is 0 Å². The van der Waals surface area contributed by atoms with Crippen molar-refractivity contribution in [2.75, 3.05) is 26.2 Å². The van der Waals surface area contributed by atoms with Gasteiger partial charge in [-0.2, -0.15) is 0 Å². The molecule has 0 amide bonds. The van der Waals surface area contributed by atoms with Gasteiger partial charge in [-0.05, 0) is 36.5 Å². The fourth-order valence-corrected chi connectivity index (χ4v) is 5.85. The van der Waals surface area contributed by atoms with E-state index in [1.165, 1.54) is 40.9 Å². The number of rotatable bonds is 7. The minimum Gasteiger partial charge on any atom is -0.341 e. The third kappa shape index (κ3) is 5.80. The molecular weight excluding hydrogens is 535 g/mol. The topological polar surface area (TPSA) is 44.0 Å². The molecule has 6 rings (SSSR count). The Morgan fingerprint density at radius 3 is 1.76 bits per heavy atom. The molecule has 0 spiro atoms. The van der Waals surface area contributed by atoms with Gasteiger partial charge in [-0.25, -0.2) is 4.98 Å². The van der Waals surface area contributed by atoms with Crippen molar-refractivity contribution in [2.45, 2.75) is 37.1 Å². The zero-order chi connectivity index (χ0) is 23.7. The van der Waals surface area contributed by atoms with Gasteiger partial charge in [0.05, 0.1) is 16.9 Å². The number of nitrogens with one attached hydrogen (secondary N) is 2. The van der Waals surface area contributed by atoms with Crippen LogP contribution < -0.4 is 5.32 Å². The summed E-state index contributed by atoms with van der Waals surface area (Å²) in [7, 11) is 0. The molecule has 1 atom stereocenters. The Bertz CT molecular complexity index is 1220. The molecule has 1 saturated carbocycles. The highest BCUT2D eigenvalue weighted by molar-refractivity contribution is 5.86. The van der Waals surface area contributed by atoms with Gasteiger partial charge in [0, 0.05) is 38.0 Å². The van der Waals surface area contributed by atoms with E-state index in [1.807, 2.05) is 0 Å². The van der Waals surface area contributed by atoms with Gasteiger partial charge < -0.3 is 10.3 Å². The Labute approximate surface area is 244 Å². The number of H-pyrrole nitrogens is 1. The Morgan fingerprint density at radius 1 is 0.763 bits per heavy atom. The number of benzene rings is 3. The standard InChI is InChI=1S/C31H34N4.3ClH/c1-31(35-21-19-32-20-22-35,27(23-11-5-2-6-12-23)24-13-7-3-8-14-24)29-28(25-15-9-4-10-16-25)33-30(34-29)26-17-18-26;;;/h2-16,26-27,32H,17-22H2,1H3,(H,33,34);3*1H. The van der Waals surface area contributed by atoms with Crippen LogP contribution in [0.5, 0.6) is 0 Å². The zero-order valence-corrected chi connectivity index (χ0v) is 24.1. The fourth-order valence-electron chi connectivity index (χ4n) is 5.85. The normalized spacial score (nSPS) is 17.0. The van der Waals surface area contributed by atoms with Crippen LogP contribution in [0.15, 0.2) is 91.0 Å². The van der Waals surface area contributed by atoms with Crippen LogP contribution in [0.25, 0.3) is 11.3 Å². The second-order valence-electron chi connectivity index (χ2n) is 10.1. The number of piperazine rings is 1. The average molecular weight is 572 g/mol. The van der Waals surface area contributed by atoms with E-state index in [2.05, 4.69) is 113 Å². The molecule has 1 aromatic heterocycles. The van der Waals surface area contributed by atoms with Crippen molar-refractivity contribution in [3.63, 3.8) is 0 Å². The molecule has 7 heteroatoms. The molecule has 0 bridgehead atoms. The van der Waals surface area contributed by atoms with Gasteiger partial charge >= 0.3 is 0 Å². The van der Waals surface area contributed by atoms with Gasteiger partial charge in [0.15, 0.2) is 0 Å². The smallest absolute Gasteiger partial charge is 0.110 e. The highest BCUT2D eigenvalue weighted by Crippen LogP contribution is 2.49. The second kappa shape index (κ2) is 13.1. The van der Waals surface area contributed by atoms with E-state index in [0.29, 0.717) is 5.92 Å². The van der Waals surface area contributed by atoms with Gasteiger partial charge in [0.25, 0.3) is 0 Å². The molecule has 3 aromatic carbocycles. The zero-order valence-electron chi connectivity index (χ0n) is 21.7. The molecule has 1 aliphatic carbocycles. The summed E-state index contributed by atoms with van der Waals surface area (Å²) in [4.78, 5) is 11.9. The van der Waals surface area contributed by atoms with Crippen molar-refractivity contribution in [3.8, 4) is 11.3 Å². The fraction of sp³-hybridized carbons (Fsp3) is 0.323. The van der Waals surface area contributed by atoms with Crippen molar-refractivity contribution in [1.29, 1.82) is 0 Å². The van der Waals surface area contributed by atoms with Crippen LogP contribution in [-0.2, 0) is 5.54 Å². The van der Waals surface area contributed by atoms with Crippen LogP contribution in [0.1, 0.15) is 54.2 Å². The maximum atomic E-state index is 5.45. The third-order valence-electron chi connectivity index (χ3n) is 7.83. The molecule has 2 heterocycles. The molecule has 2 N–H and O–H groups in total. The first-order chi connectivity index (χ1) is 17.2. The lowest BCUT2D eigenvalue weighted by molar-refractivity contribution is 0.0682. The first kappa shape index (κ1) is 30.2. The third-order valence-corrected chi connectivity index (χ3v) is 7.83. The molecule has 4 aromatic rings. The van der Waals surface area contributed by atoms with Crippen molar-refractivity contribution >= 4 is 37.2 Å². The Hall–Kier alpha value is -2.34. The number of aromatic amines is 1. The maximum Gasteiger partial charge on any atom is 0.110 e. The lowest BCUT2D eigenvalue weighted by Crippen LogP contribution is -2.56. The molecule has 202 valence electrons. The highest BCUT2D eigenvalue weighted by atomic mass is 35.5. The van der Waals surface area contributed by atoms with E-state index in [-0.39, 0.29) is 48.7 Å². The predicted molar refractivity (Wildman–Crippen MR) is 164 cm³/mol. The highest BCUT2D eigenvalue weighted by Gasteiger charge is 2.47. The lowest BCUT2D eigenvalue weighted by Gasteiger charge is -2.48. The van der Waals surface area contributed by atoms with Crippen LogP contribution in [0.2, 0.25) is 0 Å². The number of aromatic nitrogens is 2. The van der Waals surface area contributed by atoms with Gasteiger partial charge in [-0.15, -0.1) is 37.2 Å². The predicted octanol–water partition coefficient (Wildman–Crippen LogP) is 7.17. The molecular formula is C31H37Cl3N4. The monoisotopic (exact) mass is 570 g/mol. The Balaban J connectivity index is 0.00000133. The number of nitrogens with zero attached hydrogens (tertiary/aromatic N) is 2. The van der Waals surface area contributed by atoms with Crippen molar-refractivity contribution in [2.24, 2.45) is 0 Å². The summed E-state index contributed by atoms with van der Waals surface area (Å²) < 4.78 is 0. The van der Waals surface area contributed by atoms with E-state index in [1.54, 1.807) is 0 Å². The molecule has 2 fully saturated rings. The summed E-state index contributed by atoms with van der Waals surface area (Å²) in [5.74, 6) is 1.85. The Morgan fingerprint density at radius 2 is 1.26 bits per heavy atom. The molecule has 4 nitrogen and oxygen atoms in total. The molecule has 1 unspecified atom stereocenters. The molecule has 2 aliphatic rings. The van der Waals surface area contributed by atoms with Gasteiger partial charge in [0.2, 0.25) is 0 Å². The largest absolute Gasteiger partial charge is 0.341 e. The van der Waals surface area contributed by atoms with Gasteiger partial charge in [-0.3, -0.25) is 4.90 Å². The molecule has 1 saturated heterocycles. The van der Waals surface area contributed by atoms with E-state index >= 15 is 0 Å². The summed E-state index contributed by atoms with van der Waals surface area (Å²) >= 11 is 0. The van der Waals surface area contributed by atoms with Crippen LogP contribution in [0.4, 0.5) is 0 Å². The first-order valence-corrected chi connectivity index (χ1v) is 13.0. The summed E-state index contributed by atoms with van der Waals surface area (Å²) in [6.07, 6.45) is 2.46. The van der Waals surface area contributed by atoms with E-state index in [4.69, 9.17) is 4.98 Å². The molecule has 1 aliphatic heterocycles. The second-order valence-corrected chi connectivity index (χ2v) is 10.1. The van der Waals surface area contributed by atoms with Crippen molar-refractivity contribution in [1.82, 2.24) is 20.2 Å². The van der Waals surface area contributed by atoms with E-state index in [9.17, 15) is 0 Å². The summed E-state index contributed by atoms with van der Waals surface area (Å²) in [6.45, 7) is 6.40. The minimum absolute atomic E-state index is 0. The molecule has 0 radical (unpaired) electrons. The Kier molecular flexibility index (Phi) is 10.4. The first-order valence-electron chi connectivity index (χ1n) is 13.0. The number of hydrogen-bond acceptors (Lipinski definition) is 3. The number of hydrogen-bond donors (Lipinski definition) is 2. The van der Waals surface area contributed by atoms with Gasteiger partial charge in [-0.1, -0.05) is 91.0 Å². The maximum absolute atomic E-state index is 5.45. The SMILES string of the molecule is CC(c1nc(C2CC2)[nH]c1-c1ccccc1)(C(c1ccccc1)c1ccccc1)N1CCNCC1.Cl.Cl.Cl. The van der Waals surface area contributed by atoms with E-state index < -0.39 is 0 Å². The van der Waals surface area contributed by atoms with Crippen LogP contribution >= 0.6 is 37.2 Å². The number of halogens is 3. The van der Waals surface area contributed by atoms with Crippen molar-refractivity contribution < 1.29 is 0 Å². The average Bonchev–Trinajstić information content (AvgIpc) is 3.68. The summed E-state index contributed by atoms with van der Waals surface area (Å²) in [5, 5.41) is 3.57. The quantitative estimate of drug-likeness (QED) is 0.247. The summed E-state index contributed by atoms with van der Waals surface area (Å²) in [6, 6.07) is 32.8. The minimum atomic E-state index is -0.334. The van der Waals surface area contributed by atoms with Crippen LogP contribution in [-0.4, -0.2) is 41.0 Å². The molecule has 38 heavy (non-hydrogen) atoms. The summed E-state index contributed by atoms with van der Waals surface area (Å²) in [5.41, 5.74) is 5.88.